The van der Waals surface area contributed by atoms with Crippen molar-refractivity contribution in [2.45, 2.75) is 62.9 Å². The monoisotopic (exact) mass is 745 g/mol. The summed E-state index contributed by atoms with van der Waals surface area (Å²) in [7, 11) is -5.80. The van der Waals surface area contributed by atoms with Gasteiger partial charge in [-0.15, -0.1) is 0 Å². The first-order valence-corrected chi connectivity index (χ1v) is 19.5. The summed E-state index contributed by atoms with van der Waals surface area (Å²) >= 11 is 0. The highest BCUT2D eigenvalue weighted by molar-refractivity contribution is 7.52. The van der Waals surface area contributed by atoms with Crippen LogP contribution in [0, 0.1) is 0 Å². The van der Waals surface area contributed by atoms with Crippen molar-refractivity contribution >= 4 is 36.2 Å². The predicted molar refractivity (Wildman–Crippen MR) is 195 cm³/mol. The first-order chi connectivity index (χ1) is 25.4. The summed E-state index contributed by atoms with van der Waals surface area (Å²) in [5, 5.41) is 3.02. The molecule has 0 saturated carbocycles. The van der Waals surface area contributed by atoms with Crippen molar-refractivity contribution in [3.8, 4) is 0 Å². The van der Waals surface area contributed by atoms with Gasteiger partial charge in [0.1, 0.15) is 17.8 Å². The normalized spacial score (nSPS) is 18.8. The van der Waals surface area contributed by atoms with Gasteiger partial charge in [0.15, 0.2) is 0 Å². The fourth-order valence-electron chi connectivity index (χ4n) is 7.61. The molecule has 4 N–H and O–H groups in total. The van der Waals surface area contributed by atoms with Gasteiger partial charge in [-0.3, -0.25) is 23.8 Å². The summed E-state index contributed by atoms with van der Waals surface area (Å²) in [6.07, 6.45) is 4.90. The third-order valence-corrected chi connectivity index (χ3v) is 11.5. The number of likely N-dealkylation sites (tertiary alicyclic amines) is 1. The number of hydrogen-bond donors (Lipinski definition) is 4. The molecule has 1 unspecified atom stereocenters. The molecule has 1 aromatic heterocycles. The number of nitrogens with zero attached hydrogens (tertiary/aromatic N) is 3. The molecule has 3 aromatic carbocycles. The summed E-state index contributed by atoms with van der Waals surface area (Å²) in [6, 6.07) is 20.9. The number of carbonyl (C=O) groups excluding carboxylic acids is 3. The molecule has 1 saturated heterocycles. The van der Waals surface area contributed by atoms with Crippen molar-refractivity contribution in [2.75, 3.05) is 26.2 Å². The van der Waals surface area contributed by atoms with E-state index in [1.54, 1.807) is 4.90 Å². The lowest BCUT2D eigenvalue weighted by Gasteiger charge is -2.35. The summed E-state index contributed by atoms with van der Waals surface area (Å²) in [5.41, 5.74) is -0.507. The molecule has 14 heteroatoms. The Morgan fingerprint density at radius 1 is 0.943 bits per heavy atom. The molecule has 0 bridgehead atoms. The van der Waals surface area contributed by atoms with Crippen LogP contribution in [0.5, 0.6) is 0 Å². The van der Waals surface area contributed by atoms with Crippen molar-refractivity contribution in [3.63, 3.8) is 0 Å². The van der Waals surface area contributed by atoms with Gasteiger partial charge in [0.25, 0.3) is 5.91 Å². The molecular formula is C39H42F2N5O6P. The Labute approximate surface area is 305 Å². The van der Waals surface area contributed by atoms with Crippen molar-refractivity contribution in [2.24, 2.45) is 0 Å². The first kappa shape index (κ1) is 36.7. The van der Waals surface area contributed by atoms with E-state index in [-0.39, 0.29) is 29.3 Å². The number of nitrogens with one attached hydrogen (secondary N) is 2. The average Bonchev–Trinajstić information content (AvgIpc) is 3.82. The van der Waals surface area contributed by atoms with E-state index < -0.39 is 36.8 Å². The highest BCUT2D eigenvalue weighted by Gasteiger charge is 2.50. The number of fused-ring (bicyclic) bond motifs is 2. The molecule has 53 heavy (non-hydrogen) atoms. The fourth-order valence-corrected chi connectivity index (χ4v) is 8.09. The minimum Gasteiger partial charge on any atom is -0.351 e. The molecule has 3 aliphatic rings. The summed E-state index contributed by atoms with van der Waals surface area (Å²) in [6.45, 7) is 3.62. The number of hydrogen-bond acceptors (Lipinski definition) is 5. The zero-order chi connectivity index (χ0) is 37.3. The molecule has 11 nitrogen and oxygen atoms in total. The van der Waals surface area contributed by atoms with Crippen LogP contribution in [0.4, 0.5) is 8.78 Å². The molecule has 0 radical (unpaired) electrons. The molecule has 4 heterocycles. The second-order valence-electron chi connectivity index (χ2n) is 14.1. The van der Waals surface area contributed by atoms with Crippen molar-refractivity contribution < 1.29 is 37.5 Å². The van der Waals surface area contributed by atoms with E-state index >= 15 is 0 Å². The number of alkyl halides is 2. The summed E-state index contributed by atoms with van der Waals surface area (Å²) < 4.78 is 40.4. The van der Waals surface area contributed by atoms with Gasteiger partial charge in [-0.25, -0.2) is 0 Å². The first-order valence-electron chi connectivity index (χ1n) is 17.8. The third-order valence-electron chi connectivity index (χ3n) is 10.5. The van der Waals surface area contributed by atoms with Crippen LogP contribution in [0.1, 0.15) is 58.4 Å². The maximum Gasteiger partial charge on any atom is 0.399 e. The van der Waals surface area contributed by atoms with Crippen LogP contribution >= 0.6 is 7.60 Å². The Morgan fingerprint density at radius 3 is 2.43 bits per heavy atom. The number of aromatic amines is 1. The average molecular weight is 746 g/mol. The summed E-state index contributed by atoms with van der Waals surface area (Å²) in [5.74, 6) is -1.12. The van der Waals surface area contributed by atoms with Gasteiger partial charge in [-0.1, -0.05) is 72.3 Å². The van der Waals surface area contributed by atoms with Gasteiger partial charge < -0.3 is 29.9 Å². The molecule has 0 spiro atoms. The SMILES string of the molecule is O=C(NC(CC1=CCN(Cc2ccccc2)CC1)C(=O)N1CCC[C@H]1C(=O)N1CCc2ccccc2C1)c1cc2cc(C(F)(F)P(=O)(O)O)ccc2[nH]1. The van der Waals surface area contributed by atoms with Crippen molar-refractivity contribution in [3.05, 3.63) is 118 Å². The Bertz CT molecular complexity index is 2100. The minimum atomic E-state index is -5.80. The van der Waals surface area contributed by atoms with Crippen LogP contribution in [0.25, 0.3) is 10.9 Å². The molecule has 1 fully saturated rings. The van der Waals surface area contributed by atoms with Crippen LogP contribution < -0.4 is 5.32 Å². The Kier molecular flexibility index (Phi) is 10.4. The third kappa shape index (κ3) is 7.84. The van der Waals surface area contributed by atoms with Crippen molar-refractivity contribution in [1.82, 2.24) is 25.0 Å². The van der Waals surface area contributed by atoms with Gasteiger partial charge in [0.2, 0.25) is 11.8 Å². The molecule has 3 amide bonds. The number of halogens is 2. The van der Waals surface area contributed by atoms with E-state index in [2.05, 4.69) is 39.5 Å². The van der Waals surface area contributed by atoms with Crippen molar-refractivity contribution in [1.29, 1.82) is 0 Å². The number of H-pyrrole nitrogens is 1. The standard InChI is InChI=1S/C39H42F2N5O6P/c40-39(41,53(50,51)52)31-12-13-32-30(22-31)23-33(42-32)36(47)43-34(21-26-14-18-44(19-15-26)24-27-7-2-1-3-8-27)37(48)46-17-6-11-35(46)38(49)45-20-16-28-9-4-5-10-29(28)25-45/h1-5,7-10,12-14,22-23,34-35,42H,6,11,15-21,24-25H2,(H,43,47)(H2,50,51,52)/t34?,35-/m0/s1. The van der Waals surface area contributed by atoms with Gasteiger partial charge in [0, 0.05) is 55.7 Å². The molecule has 2 atom stereocenters. The molecule has 0 aliphatic carbocycles. The molecule has 4 aromatic rings. The topological polar surface area (TPSA) is 146 Å². The minimum absolute atomic E-state index is 0.0119. The van der Waals surface area contributed by atoms with Gasteiger partial charge in [-0.2, -0.15) is 8.78 Å². The van der Waals surface area contributed by atoms with E-state index in [0.29, 0.717) is 51.0 Å². The lowest BCUT2D eigenvalue weighted by atomic mass is 9.97. The molecule has 3 aliphatic heterocycles. The van der Waals surface area contributed by atoms with E-state index in [1.807, 2.05) is 41.3 Å². The number of benzene rings is 3. The Balaban J connectivity index is 1.11. The van der Waals surface area contributed by atoms with Gasteiger partial charge in [0.05, 0.1) is 0 Å². The smallest absolute Gasteiger partial charge is 0.351 e. The maximum absolute atomic E-state index is 14.5. The lowest BCUT2D eigenvalue weighted by Crippen LogP contribution is -2.54. The van der Waals surface area contributed by atoms with Crippen LogP contribution in [-0.2, 0) is 39.3 Å². The van der Waals surface area contributed by atoms with Crippen LogP contribution in [0.2, 0.25) is 0 Å². The summed E-state index contributed by atoms with van der Waals surface area (Å²) in [4.78, 5) is 69.2. The fraction of sp³-hybridized carbons (Fsp3) is 0.359. The number of amides is 3. The van der Waals surface area contributed by atoms with Crippen LogP contribution in [-0.4, -0.2) is 85.5 Å². The quantitative estimate of drug-likeness (QED) is 0.128. The lowest BCUT2D eigenvalue weighted by molar-refractivity contribution is -0.145. The number of rotatable bonds is 10. The molecular weight excluding hydrogens is 703 g/mol. The van der Waals surface area contributed by atoms with E-state index in [1.165, 1.54) is 23.3 Å². The van der Waals surface area contributed by atoms with E-state index in [4.69, 9.17) is 0 Å². The van der Waals surface area contributed by atoms with E-state index in [9.17, 15) is 37.5 Å². The predicted octanol–water partition coefficient (Wildman–Crippen LogP) is 5.29. The van der Waals surface area contributed by atoms with Crippen LogP contribution in [0.3, 0.4) is 0 Å². The van der Waals surface area contributed by atoms with Gasteiger partial charge >= 0.3 is 13.3 Å². The highest BCUT2D eigenvalue weighted by Crippen LogP contribution is 2.59. The van der Waals surface area contributed by atoms with E-state index in [0.717, 1.165) is 42.8 Å². The second-order valence-corrected chi connectivity index (χ2v) is 15.8. The Hall–Kier alpha value is -4.68. The van der Waals surface area contributed by atoms with Gasteiger partial charge in [-0.05, 0) is 67.0 Å². The molecule has 278 valence electrons. The number of aromatic nitrogens is 1. The Morgan fingerprint density at radius 2 is 1.70 bits per heavy atom. The molecule has 7 rings (SSSR count). The maximum atomic E-state index is 14.5. The zero-order valence-corrected chi connectivity index (χ0v) is 30.0. The van der Waals surface area contributed by atoms with Crippen LogP contribution in [0.15, 0.2) is 90.5 Å². The number of carbonyl (C=O) groups is 3. The second kappa shape index (κ2) is 15.0. The zero-order valence-electron chi connectivity index (χ0n) is 29.1. The highest BCUT2D eigenvalue weighted by atomic mass is 31.2. The largest absolute Gasteiger partial charge is 0.399 e.